The molecule has 2 aromatic carbocycles. The van der Waals surface area contributed by atoms with E-state index in [9.17, 15) is 13.2 Å². The molecule has 6 nitrogen and oxygen atoms in total. The fourth-order valence-corrected chi connectivity index (χ4v) is 5.64. The zero-order valence-corrected chi connectivity index (χ0v) is 19.5. The first-order valence-electron chi connectivity index (χ1n) is 8.72. The third kappa shape index (κ3) is 5.08. The number of hydrogen-bond donors (Lipinski definition) is 2. The van der Waals surface area contributed by atoms with Crippen molar-refractivity contribution in [3.05, 3.63) is 81.0 Å². The minimum absolute atomic E-state index is 0.0336. The second-order valence-corrected chi connectivity index (χ2v) is 10.9. The molecular weight excluding hydrogens is 497 g/mol. The number of rotatable bonds is 6. The summed E-state index contributed by atoms with van der Waals surface area (Å²) in [5.74, 6) is -0.487. The Balaban J connectivity index is 1.55. The largest absolute Gasteiger partial charge is 0.298 e. The molecule has 2 aromatic heterocycles. The van der Waals surface area contributed by atoms with E-state index in [2.05, 4.69) is 15.0 Å². The number of amides is 1. The molecule has 11 heteroatoms. The number of para-hydroxylation sites is 1. The molecule has 4 rings (SSSR count). The van der Waals surface area contributed by atoms with E-state index in [1.165, 1.54) is 59.1 Å². The Bertz CT molecular complexity index is 1350. The number of carbonyl (C=O) groups excluding carboxylic acids is 1. The van der Waals surface area contributed by atoms with Crippen molar-refractivity contribution in [3.8, 4) is 10.6 Å². The number of benzene rings is 2. The summed E-state index contributed by atoms with van der Waals surface area (Å²) < 4.78 is 28.5. The van der Waals surface area contributed by atoms with Crippen LogP contribution >= 0.6 is 45.9 Å². The van der Waals surface area contributed by atoms with Gasteiger partial charge in [-0.3, -0.25) is 14.8 Å². The quantitative estimate of drug-likeness (QED) is 0.322. The lowest BCUT2D eigenvalue weighted by Gasteiger charge is -2.12. The van der Waals surface area contributed by atoms with Crippen LogP contribution in [0.1, 0.15) is 10.4 Å². The number of thiazole rings is 1. The van der Waals surface area contributed by atoms with Gasteiger partial charge in [-0.2, -0.15) is 0 Å². The van der Waals surface area contributed by atoms with Crippen LogP contribution in [0.5, 0.6) is 0 Å². The molecule has 0 radical (unpaired) electrons. The van der Waals surface area contributed by atoms with Crippen LogP contribution in [0, 0.1) is 0 Å². The number of nitrogens with one attached hydrogen (secondary N) is 2. The van der Waals surface area contributed by atoms with E-state index in [1.807, 2.05) is 11.4 Å². The standard InChI is InChI=1S/C20H13Cl2N3O3S3/c21-12-5-7-13(8-6-12)31(27,28)25-15-4-2-1-3-14(15)19(26)24-20-23-16(11-29-20)17-9-10-18(22)30-17/h1-11,25H,(H,23,24,26). The highest BCUT2D eigenvalue weighted by Gasteiger charge is 2.19. The summed E-state index contributed by atoms with van der Waals surface area (Å²) in [6, 6.07) is 15.7. The van der Waals surface area contributed by atoms with Gasteiger partial charge in [0.15, 0.2) is 5.13 Å². The molecule has 0 fully saturated rings. The zero-order valence-electron chi connectivity index (χ0n) is 15.5. The fourth-order valence-electron chi connectivity index (χ4n) is 2.65. The lowest BCUT2D eigenvalue weighted by Crippen LogP contribution is -2.18. The molecule has 2 heterocycles. The summed E-state index contributed by atoms with van der Waals surface area (Å²) in [4.78, 5) is 18.2. The topological polar surface area (TPSA) is 88.2 Å². The normalized spacial score (nSPS) is 11.3. The van der Waals surface area contributed by atoms with Crippen LogP contribution in [0.15, 0.2) is 70.9 Å². The molecule has 1 amide bonds. The number of hydrogen-bond acceptors (Lipinski definition) is 6. The van der Waals surface area contributed by atoms with Crippen molar-refractivity contribution in [2.75, 3.05) is 10.0 Å². The van der Waals surface area contributed by atoms with Gasteiger partial charge in [0.2, 0.25) is 0 Å². The number of halogens is 2. The summed E-state index contributed by atoms with van der Waals surface area (Å²) in [6.07, 6.45) is 0. The molecule has 0 atom stereocenters. The molecule has 0 aliphatic carbocycles. The van der Waals surface area contributed by atoms with E-state index in [4.69, 9.17) is 23.2 Å². The molecule has 0 unspecified atom stereocenters. The zero-order chi connectivity index (χ0) is 22.0. The number of aromatic nitrogens is 1. The van der Waals surface area contributed by atoms with Crippen LogP contribution in [0.4, 0.5) is 10.8 Å². The van der Waals surface area contributed by atoms with E-state index in [1.54, 1.807) is 18.2 Å². The first-order valence-corrected chi connectivity index (χ1v) is 12.7. The van der Waals surface area contributed by atoms with E-state index in [0.717, 1.165) is 4.88 Å². The summed E-state index contributed by atoms with van der Waals surface area (Å²) in [5, 5.41) is 5.34. The Morgan fingerprint density at radius 2 is 1.71 bits per heavy atom. The number of sulfonamides is 1. The number of anilines is 2. The van der Waals surface area contributed by atoms with Crippen molar-refractivity contribution in [1.29, 1.82) is 0 Å². The fraction of sp³-hybridized carbons (Fsp3) is 0. The Hall–Kier alpha value is -2.43. The van der Waals surface area contributed by atoms with Crippen molar-refractivity contribution in [1.82, 2.24) is 4.98 Å². The van der Waals surface area contributed by atoms with Gasteiger partial charge in [0.25, 0.3) is 15.9 Å². The van der Waals surface area contributed by atoms with Crippen molar-refractivity contribution in [2.45, 2.75) is 4.90 Å². The third-order valence-corrected chi connectivity index (χ3v) is 7.74. The molecule has 2 N–H and O–H groups in total. The maximum Gasteiger partial charge on any atom is 0.261 e. The van der Waals surface area contributed by atoms with Crippen LogP contribution in [0.25, 0.3) is 10.6 Å². The Kier molecular flexibility index (Phi) is 6.31. The maximum atomic E-state index is 12.8. The SMILES string of the molecule is O=C(Nc1nc(-c2ccc(Cl)s2)cs1)c1ccccc1NS(=O)(=O)c1ccc(Cl)cc1. The molecule has 31 heavy (non-hydrogen) atoms. The average Bonchev–Trinajstić information content (AvgIpc) is 3.37. The molecule has 4 aromatic rings. The predicted molar refractivity (Wildman–Crippen MR) is 127 cm³/mol. The summed E-state index contributed by atoms with van der Waals surface area (Å²) >= 11 is 14.4. The summed E-state index contributed by atoms with van der Waals surface area (Å²) in [7, 11) is -3.90. The molecule has 0 aliphatic heterocycles. The molecule has 158 valence electrons. The second kappa shape index (κ2) is 8.97. The van der Waals surface area contributed by atoms with Crippen LogP contribution in [-0.4, -0.2) is 19.3 Å². The van der Waals surface area contributed by atoms with E-state index >= 15 is 0 Å². The van der Waals surface area contributed by atoms with Gasteiger partial charge in [-0.15, -0.1) is 22.7 Å². The number of thiophene rings is 1. The highest BCUT2D eigenvalue weighted by atomic mass is 35.5. The van der Waals surface area contributed by atoms with E-state index in [-0.39, 0.29) is 16.1 Å². The van der Waals surface area contributed by atoms with Crippen molar-refractivity contribution in [3.63, 3.8) is 0 Å². The first-order chi connectivity index (χ1) is 14.8. The molecule has 0 aliphatic rings. The van der Waals surface area contributed by atoms with Gasteiger partial charge in [-0.05, 0) is 48.5 Å². The lowest BCUT2D eigenvalue weighted by molar-refractivity contribution is 0.102. The Morgan fingerprint density at radius 1 is 0.968 bits per heavy atom. The van der Waals surface area contributed by atoms with Crippen LogP contribution in [0.2, 0.25) is 9.36 Å². The molecule has 0 saturated carbocycles. The van der Waals surface area contributed by atoms with Gasteiger partial charge in [-0.1, -0.05) is 35.3 Å². The third-order valence-electron chi connectivity index (χ3n) is 4.09. The van der Waals surface area contributed by atoms with Crippen molar-refractivity contribution >= 4 is 72.6 Å². The highest BCUT2D eigenvalue weighted by Crippen LogP contribution is 2.33. The van der Waals surface area contributed by atoms with Gasteiger partial charge in [0, 0.05) is 10.4 Å². The highest BCUT2D eigenvalue weighted by molar-refractivity contribution is 7.92. The minimum Gasteiger partial charge on any atom is -0.298 e. The van der Waals surface area contributed by atoms with Gasteiger partial charge >= 0.3 is 0 Å². The van der Waals surface area contributed by atoms with Crippen molar-refractivity contribution in [2.24, 2.45) is 0 Å². The van der Waals surface area contributed by atoms with Crippen LogP contribution in [0.3, 0.4) is 0 Å². The maximum absolute atomic E-state index is 12.8. The number of carbonyl (C=O) groups is 1. The van der Waals surface area contributed by atoms with Crippen LogP contribution in [-0.2, 0) is 10.0 Å². The second-order valence-electron chi connectivity index (χ2n) is 6.20. The summed E-state index contributed by atoms with van der Waals surface area (Å²) in [6.45, 7) is 0. The Labute approximate surface area is 196 Å². The monoisotopic (exact) mass is 509 g/mol. The van der Waals surface area contributed by atoms with E-state index in [0.29, 0.717) is 20.2 Å². The lowest BCUT2D eigenvalue weighted by atomic mass is 10.2. The first kappa shape index (κ1) is 21.8. The average molecular weight is 510 g/mol. The van der Waals surface area contributed by atoms with Gasteiger partial charge < -0.3 is 0 Å². The van der Waals surface area contributed by atoms with Gasteiger partial charge in [0.05, 0.1) is 31.1 Å². The molecule has 0 bridgehead atoms. The van der Waals surface area contributed by atoms with Gasteiger partial charge in [-0.25, -0.2) is 13.4 Å². The smallest absolute Gasteiger partial charge is 0.261 e. The number of nitrogens with zero attached hydrogens (tertiary/aromatic N) is 1. The molecule has 0 spiro atoms. The molecule has 0 saturated heterocycles. The van der Waals surface area contributed by atoms with Gasteiger partial charge in [0.1, 0.15) is 0 Å². The Morgan fingerprint density at radius 3 is 2.42 bits per heavy atom. The molecular formula is C20H13Cl2N3O3S3. The minimum atomic E-state index is -3.90. The van der Waals surface area contributed by atoms with Crippen LogP contribution < -0.4 is 10.0 Å². The van der Waals surface area contributed by atoms with E-state index < -0.39 is 15.9 Å². The summed E-state index contributed by atoms with van der Waals surface area (Å²) in [5.41, 5.74) is 1.02. The van der Waals surface area contributed by atoms with Crippen molar-refractivity contribution < 1.29 is 13.2 Å². The predicted octanol–water partition coefficient (Wildman–Crippen LogP) is 6.23.